The molecule has 1 saturated heterocycles. The Bertz CT molecular complexity index is 926. The van der Waals surface area contributed by atoms with Crippen LogP contribution in [0.5, 0.6) is 5.75 Å². The second-order valence-electron chi connectivity index (χ2n) is 7.31. The molecular weight excluding hydrogens is 414 g/mol. The Morgan fingerprint density at radius 2 is 1.90 bits per heavy atom. The summed E-state index contributed by atoms with van der Waals surface area (Å²) in [6.07, 6.45) is 0. The van der Waals surface area contributed by atoms with Gasteiger partial charge < -0.3 is 25.2 Å². The molecule has 8 heteroatoms. The van der Waals surface area contributed by atoms with Crippen LogP contribution < -0.4 is 20.3 Å². The third kappa shape index (κ3) is 6.04. The third-order valence-corrected chi connectivity index (χ3v) is 5.41. The molecule has 0 unspecified atom stereocenters. The quantitative estimate of drug-likeness (QED) is 0.527. The van der Waals surface area contributed by atoms with Crippen LogP contribution in [-0.4, -0.2) is 56.6 Å². The lowest BCUT2D eigenvalue weighted by Crippen LogP contribution is -2.52. The van der Waals surface area contributed by atoms with Gasteiger partial charge in [-0.2, -0.15) is 0 Å². The number of ether oxygens (including phenoxy) is 1. The van der Waals surface area contributed by atoms with Gasteiger partial charge in [-0.3, -0.25) is 4.79 Å². The number of aliphatic imine (C=N–C) groups is 1. The SMILES string of the molecule is CCNC(=NCc1ccc(OC)c(NC(C)=O)c1)N1CCN(c2ccccc2Cl)CC1. The minimum atomic E-state index is -0.135. The van der Waals surface area contributed by atoms with Gasteiger partial charge in [-0.15, -0.1) is 0 Å². The molecule has 0 spiro atoms. The van der Waals surface area contributed by atoms with Crippen LogP contribution in [0, 0.1) is 0 Å². The monoisotopic (exact) mass is 443 g/mol. The van der Waals surface area contributed by atoms with E-state index < -0.39 is 0 Å². The van der Waals surface area contributed by atoms with Gasteiger partial charge in [-0.05, 0) is 36.8 Å². The van der Waals surface area contributed by atoms with E-state index in [1.54, 1.807) is 7.11 Å². The van der Waals surface area contributed by atoms with Crippen LogP contribution in [0.15, 0.2) is 47.5 Å². The smallest absolute Gasteiger partial charge is 0.221 e. The Morgan fingerprint density at radius 3 is 2.55 bits per heavy atom. The standard InChI is InChI=1S/C23H30ClN5O2/c1-4-25-23(26-16-18-9-10-22(31-3)20(15-18)27-17(2)30)29-13-11-28(12-14-29)21-8-6-5-7-19(21)24/h5-10,15H,4,11-14,16H2,1-3H3,(H,25,26)(H,27,30). The highest BCUT2D eigenvalue weighted by atomic mass is 35.5. The number of carbonyl (C=O) groups is 1. The molecule has 0 aromatic heterocycles. The summed E-state index contributed by atoms with van der Waals surface area (Å²) in [7, 11) is 1.59. The molecule has 1 amide bonds. The molecule has 2 aromatic rings. The summed E-state index contributed by atoms with van der Waals surface area (Å²) >= 11 is 6.36. The van der Waals surface area contributed by atoms with E-state index >= 15 is 0 Å². The van der Waals surface area contributed by atoms with Crippen molar-refractivity contribution in [2.24, 2.45) is 4.99 Å². The molecule has 0 atom stereocenters. The van der Waals surface area contributed by atoms with Crippen LogP contribution >= 0.6 is 11.6 Å². The van der Waals surface area contributed by atoms with Crippen molar-refractivity contribution in [2.75, 3.05) is 50.1 Å². The zero-order chi connectivity index (χ0) is 22.2. The predicted octanol–water partition coefficient (Wildman–Crippen LogP) is 3.59. The summed E-state index contributed by atoms with van der Waals surface area (Å²) in [4.78, 5) is 20.9. The number of carbonyl (C=O) groups excluding carboxylic acids is 1. The Morgan fingerprint density at radius 1 is 1.16 bits per heavy atom. The minimum absolute atomic E-state index is 0.135. The first-order valence-corrected chi connectivity index (χ1v) is 10.9. The van der Waals surface area contributed by atoms with Crippen LogP contribution in [0.2, 0.25) is 5.02 Å². The van der Waals surface area contributed by atoms with Crippen molar-refractivity contribution in [2.45, 2.75) is 20.4 Å². The first-order valence-electron chi connectivity index (χ1n) is 10.5. The van der Waals surface area contributed by atoms with Crippen molar-refractivity contribution in [3.05, 3.63) is 53.1 Å². The number of methoxy groups -OCH3 is 1. The molecule has 0 saturated carbocycles. The first-order chi connectivity index (χ1) is 15.0. The highest BCUT2D eigenvalue weighted by molar-refractivity contribution is 6.33. The molecule has 0 aliphatic carbocycles. The zero-order valence-corrected chi connectivity index (χ0v) is 19.1. The fraction of sp³-hybridized carbons (Fsp3) is 0.391. The summed E-state index contributed by atoms with van der Waals surface area (Å²) in [5, 5.41) is 6.99. The molecule has 2 aromatic carbocycles. The number of anilines is 2. The summed E-state index contributed by atoms with van der Waals surface area (Å²) in [6, 6.07) is 13.7. The molecule has 31 heavy (non-hydrogen) atoms. The van der Waals surface area contributed by atoms with Gasteiger partial charge in [0.1, 0.15) is 5.75 Å². The number of benzene rings is 2. The minimum Gasteiger partial charge on any atom is -0.495 e. The van der Waals surface area contributed by atoms with Crippen LogP contribution in [0.3, 0.4) is 0 Å². The van der Waals surface area contributed by atoms with E-state index in [9.17, 15) is 4.79 Å². The lowest BCUT2D eigenvalue weighted by Gasteiger charge is -2.38. The van der Waals surface area contributed by atoms with E-state index in [0.29, 0.717) is 18.0 Å². The van der Waals surface area contributed by atoms with Gasteiger partial charge in [0.25, 0.3) is 0 Å². The van der Waals surface area contributed by atoms with E-state index in [-0.39, 0.29) is 5.91 Å². The number of rotatable bonds is 6. The van der Waals surface area contributed by atoms with Crippen LogP contribution in [0.1, 0.15) is 19.4 Å². The molecule has 0 radical (unpaired) electrons. The fourth-order valence-corrected chi connectivity index (χ4v) is 3.86. The summed E-state index contributed by atoms with van der Waals surface area (Å²) in [5.74, 6) is 1.38. The molecule has 1 heterocycles. The van der Waals surface area contributed by atoms with Gasteiger partial charge in [0.2, 0.25) is 5.91 Å². The molecule has 166 valence electrons. The summed E-state index contributed by atoms with van der Waals surface area (Å²) in [6.45, 7) is 8.32. The van der Waals surface area contributed by atoms with Gasteiger partial charge in [0.05, 0.1) is 30.1 Å². The van der Waals surface area contributed by atoms with Gasteiger partial charge in [-0.1, -0.05) is 29.8 Å². The largest absolute Gasteiger partial charge is 0.495 e. The van der Waals surface area contributed by atoms with Gasteiger partial charge in [0.15, 0.2) is 5.96 Å². The van der Waals surface area contributed by atoms with Crippen molar-refractivity contribution in [1.82, 2.24) is 10.2 Å². The maximum Gasteiger partial charge on any atom is 0.221 e. The molecule has 1 aliphatic heterocycles. The number of hydrogen-bond acceptors (Lipinski definition) is 4. The number of para-hydroxylation sites is 1. The second kappa shape index (κ2) is 10.9. The highest BCUT2D eigenvalue weighted by Gasteiger charge is 2.21. The van der Waals surface area contributed by atoms with Gasteiger partial charge in [0, 0.05) is 39.6 Å². The van der Waals surface area contributed by atoms with Crippen molar-refractivity contribution in [1.29, 1.82) is 0 Å². The topological polar surface area (TPSA) is 69.2 Å². The van der Waals surface area contributed by atoms with Crippen molar-refractivity contribution < 1.29 is 9.53 Å². The number of hydrogen-bond donors (Lipinski definition) is 2. The summed E-state index contributed by atoms with van der Waals surface area (Å²) < 4.78 is 5.33. The van der Waals surface area contributed by atoms with Gasteiger partial charge >= 0.3 is 0 Å². The molecule has 1 aliphatic rings. The Balaban J connectivity index is 1.68. The number of nitrogens with zero attached hydrogens (tertiary/aromatic N) is 3. The number of nitrogens with one attached hydrogen (secondary N) is 2. The Hall–Kier alpha value is -2.93. The normalized spacial score (nSPS) is 14.4. The average Bonchev–Trinajstić information content (AvgIpc) is 2.77. The van der Waals surface area contributed by atoms with E-state index in [0.717, 1.165) is 55.0 Å². The van der Waals surface area contributed by atoms with E-state index in [4.69, 9.17) is 21.3 Å². The fourth-order valence-electron chi connectivity index (χ4n) is 3.60. The van der Waals surface area contributed by atoms with E-state index in [1.165, 1.54) is 6.92 Å². The van der Waals surface area contributed by atoms with Crippen LogP contribution in [0.25, 0.3) is 0 Å². The van der Waals surface area contributed by atoms with Crippen LogP contribution in [-0.2, 0) is 11.3 Å². The summed E-state index contributed by atoms with van der Waals surface area (Å²) in [5.41, 5.74) is 2.73. The highest BCUT2D eigenvalue weighted by Crippen LogP contribution is 2.27. The van der Waals surface area contributed by atoms with E-state index in [2.05, 4.69) is 33.4 Å². The van der Waals surface area contributed by atoms with Crippen molar-refractivity contribution >= 4 is 34.8 Å². The number of guanidine groups is 1. The van der Waals surface area contributed by atoms with Crippen molar-refractivity contribution in [3.8, 4) is 5.75 Å². The number of halogens is 1. The first kappa shape index (κ1) is 22.7. The molecule has 2 N–H and O–H groups in total. The lowest BCUT2D eigenvalue weighted by molar-refractivity contribution is -0.114. The molecule has 7 nitrogen and oxygen atoms in total. The lowest BCUT2D eigenvalue weighted by atomic mass is 10.2. The van der Waals surface area contributed by atoms with Gasteiger partial charge in [-0.25, -0.2) is 4.99 Å². The molecule has 3 rings (SSSR count). The molecular formula is C23H30ClN5O2. The maximum absolute atomic E-state index is 11.5. The molecule has 1 fully saturated rings. The Labute approximate surface area is 189 Å². The van der Waals surface area contributed by atoms with Crippen LogP contribution in [0.4, 0.5) is 11.4 Å². The maximum atomic E-state index is 11.5. The predicted molar refractivity (Wildman–Crippen MR) is 127 cm³/mol. The number of amides is 1. The zero-order valence-electron chi connectivity index (χ0n) is 18.3. The molecule has 0 bridgehead atoms. The number of piperazine rings is 1. The van der Waals surface area contributed by atoms with E-state index in [1.807, 2.05) is 36.4 Å². The van der Waals surface area contributed by atoms with Crippen molar-refractivity contribution in [3.63, 3.8) is 0 Å². The Kier molecular flexibility index (Phi) is 8.00. The average molecular weight is 444 g/mol. The second-order valence-corrected chi connectivity index (χ2v) is 7.72. The third-order valence-electron chi connectivity index (χ3n) is 5.09.